The molecule has 0 spiro atoms. The number of hydrogen-bond acceptors (Lipinski definition) is 5. The molecule has 5 rings (SSSR count). The fraction of sp³-hybridized carbons (Fsp3) is 0.394. The lowest BCUT2D eigenvalue weighted by molar-refractivity contribution is -0.145. The van der Waals surface area contributed by atoms with Crippen molar-refractivity contribution in [1.29, 1.82) is 0 Å². The molecule has 0 aromatic heterocycles. The van der Waals surface area contributed by atoms with Gasteiger partial charge in [0.05, 0.1) is 5.69 Å². The normalized spacial score (nSPS) is 19.4. The average molecular weight is 630 g/mol. The van der Waals surface area contributed by atoms with Crippen LogP contribution in [0, 0.1) is 23.5 Å². The van der Waals surface area contributed by atoms with E-state index in [-0.39, 0.29) is 29.9 Å². The molecule has 1 aliphatic heterocycles. The van der Waals surface area contributed by atoms with Crippen molar-refractivity contribution in [2.24, 2.45) is 11.8 Å². The molecule has 1 aliphatic carbocycles. The van der Waals surface area contributed by atoms with E-state index >= 15 is 0 Å². The molecule has 3 aromatic rings. The molecule has 236 valence electrons. The molecular formula is C33H38ClF2N3O5. The lowest BCUT2D eigenvalue weighted by atomic mass is 9.87. The van der Waals surface area contributed by atoms with Crippen molar-refractivity contribution in [3.63, 3.8) is 0 Å². The van der Waals surface area contributed by atoms with E-state index in [9.17, 15) is 23.5 Å². The predicted molar refractivity (Wildman–Crippen MR) is 166 cm³/mol. The second kappa shape index (κ2) is 13.8. The van der Waals surface area contributed by atoms with Crippen LogP contribution in [0.25, 0.3) is 0 Å². The van der Waals surface area contributed by atoms with Gasteiger partial charge in [-0.1, -0.05) is 45.0 Å². The summed E-state index contributed by atoms with van der Waals surface area (Å²) >= 11 is 0. The second-order valence-corrected chi connectivity index (χ2v) is 12.2. The number of carbonyl (C=O) groups is 2. The van der Waals surface area contributed by atoms with Crippen LogP contribution in [0.15, 0.2) is 66.7 Å². The van der Waals surface area contributed by atoms with Gasteiger partial charge < -0.3 is 30.1 Å². The van der Waals surface area contributed by atoms with Crippen LogP contribution in [0.3, 0.4) is 0 Å². The summed E-state index contributed by atoms with van der Waals surface area (Å²) in [6.45, 7) is 8.53. The van der Waals surface area contributed by atoms with Crippen molar-refractivity contribution in [3.8, 4) is 11.5 Å². The zero-order valence-electron chi connectivity index (χ0n) is 24.9. The summed E-state index contributed by atoms with van der Waals surface area (Å²) < 4.78 is 38.8. The van der Waals surface area contributed by atoms with Gasteiger partial charge in [0, 0.05) is 38.2 Å². The van der Waals surface area contributed by atoms with E-state index in [2.05, 4.69) is 31.4 Å². The third-order valence-electron chi connectivity index (χ3n) is 8.02. The van der Waals surface area contributed by atoms with Gasteiger partial charge in [0.25, 0.3) is 0 Å². The van der Waals surface area contributed by atoms with Crippen LogP contribution in [-0.2, 0) is 16.6 Å². The number of nitrogens with one attached hydrogen (secondary N) is 2. The van der Waals surface area contributed by atoms with Crippen molar-refractivity contribution in [2.45, 2.75) is 44.8 Å². The number of hydrogen-bond donors (Lipinski definition) is 3. The molecule has 1 unspecified atom stereocenters. The number of carboxylic acid groups (broad SMARTS) is 1. The summed E-state index contributed by atoms with van der Waals surface area (Å²) in [6, 6.07) is 17.7. The maximum atomic E-state index is 13.8. The minimum atomic E-state index is -1.03. The van der Waals surface area contributed by atoms with Gasteiger partial charge in [-0.3, -0.25) is 0 Å². The number of anilines is 1. The Balaban J connectivity index is 0.00000442. The van der Waals surface area contributed by atoms with Gasteiger partial charge in [-0.15, -0.1) is 12.4 Å². The summed E-state index contributed by atoms with van der Waals surface area (Å²) in [5.41, 5.74) is 1.80. The van der Waals surface area contributed by atoms with Crippen LogP contribution in [0.2, 0.25) is 0 Å². The Kier molecular flexibility index (Phi) is 10.4. The molecule has 1 heterocycles. The molecule has 1 saturated heterocycles. The second-order valence-electron chi connectivity index (χ2n) is 12.2. The van der Waals surface area contributed by atoms with Gasteiger partial charge in [-0.2, -0.15) is 0 Å². The smallest absolute Gasteiger partial charge is 0.345 e. The van der Waals surface area contributed by atoms with E-state index in [4.69, 9.17) is 9.47 Å². The quantitative estimate of drug-likeness (QED) is 0.229. The minimum Gasteiger partial charge on any atom is -0.492 e. The van der Waals surface area contributed by atoms with Crippen LogP contribution >= 0.6 is 12.4 Å². The average Bonchev–Trinajstić information content (AvgIpc) is 3.40. The zero-order valence-corrected chi connectivity index (χ0v) is 25.7. The van der Waals surface area contributed by atoms with E-state index in [1.54, 1.807) is 17.0 Å². The molecule has 0 radical (unpaired) electrons. The number of aliphatic carboxylic acids is 1. The van der Waals surface area contributed by atoms with Crippen molar-refractivity contribution >= 4 is 30.1 Å². The number of piperidine rings is 1. The SMILES string of the molecule is CC(C)(C)c1ccc(O[C@@H](Cc2ccc(OCCN[C@H]3C4CN(C(=O)Nc5cc(F)ccc5F)C[C@@H]43)cc2)C(=O)O)cc1.Cl. The molecule has 3 N–H and O–H groups in total. The highest BCUT2D eigenvalue weighted by atomic mass is 35.5. The molecule has 1 saturated carbocycles. The zero-order chi connectivity index (χ0) is 30.7. The number of carbonyl (C=O) groups excluding carboxylic acids is 1. The number of ether oxygens (including phenoxy) is 2. The number of carboxylic acids is 1. The van der Waals surface area contributed by atoms with Crippen molar-refractivity contribution in [2.75, 3.05) is 31.6 Å². The third kappa shape index (κ3) is 8.18. The highest BCUT2D eigenvalue weighted by Gasteiger charge is 2.56. The highest BCUT2D eigenvalue weighted by molar-refractivity contribution is 5.89. The number of benzene rings is 3. The first-order valence-electron chi connectivity index (χ1n) is 14.4. The van der Waals surface area contributed by atoms with Crippen LogP contribution in [0.5, 0.6) is 11.5 Å². The first kappa shape index (κ1) is 33.0. The number of rotatable bonds is 11. The van der Waals surface area contributed by atoms with Gasteiger partial charge >= 0.3 is 12.0 Å². The number of likely N-dealkylation sites (tertiary alicyclic amines) is 1. The standard InChI is InChI=1S/C33H37F2N3O5.ClH/c1-33(2,3)21-6-11-24(12-7-21)43-29(31(39)40)16-20-4-9-23(10-5-20)42-15-14-36-30-25-18-38(19-26(25)30)32(41)37-28-17-22(34)8-13-27(28)35;/h4-13,17,25-26,29-30,36H,14-16,18-19H2,1-3H3,(H,37,41)(H,39,40);1H/t25-,26?,29-,30+;/m0./s1. The Morgan fingerprint density at radius 1 is 0.977 bits per heavy atom. The maximum absolute atomic E-state index is 13.8. The minimum absolute atomic E-state index is 0. The number of urea groups is 1. The molecule has 3 aromatic carbocycles. The topological polar surface area (TPSA) is 100 Å². The van der Waals surface area contributed by atoms with E-state index in [0.717, 1.165) is 29.3 Å². The fourth-order valence-corrected chi connectivity index (χ4v) is 5.49. The monoisotopic (exact) mass is 629 g/mol. The molecule has 0 bridgehead atoms. The number of halogens is 3. The molecule has 11 heteroatoms. The third-order valence-corrected chi connectivity index (χ3v) is 8.02. The van der Waals surface area contributed by atoms with Crippen molar-refractivity contribution < 1.29 is 33.0 Å². The molecule has 8 nitrogen and oxygen atoms in total. The number of fused-ring (bicyclic) bond motifs is 1. The van der Waals surface area contributed by atoms with E-state index < -0.39 is 29.7 Å². The fourth-order valence-electron chi connectivity index (χ4n) is 5.49. The lowest BCUT2D eigenvalue weighted by Crippen LogP contribution is -2.39. The highest BCUT2D eigenvalue weighted by Crippen LogP contribution is 2.45. The predicted octanol–water partition coefficient (Wildman–Crippen LogP) is 5.89. The molecule has 2 aliphatic rings. The Morgan fingerprint density at radius 3 is 2.23 bits per heavy atom. The Bertz CT molecular complexity index is 1440. The van der Waals surface area contributed by atoms with Gasteiger partial charge in [0.15, 0.2) is 6.10 Å². The summed E-state index contributed by atoms with van der Waals surface area (Å²) in [4.78, 5) is 25.9. The van der Waals surface area contributed by atoms with E-state index in [1.165, 1.54) is 0 Å². The molecule has 4 atom stereocenters. The van der Waals surface area contributed by atoms with E-state index in [1.807, 2.05) is 36.4 Å². The van der Waals surface area contributed by atoms with Gasteiger partial charge in [-0.25, -0.2) is 18.4 Å². The van der Waals surface area contributed by atoms with Crippen molar-refractivity contribution in [1.82, 2.24) is 10.2 Å². The largest absolute Gasteiger partial charge is 0.492 e. The Morgan fingerprint density at radius 2 is 1.61 bits per heavy atom. The first-order chi connectivity index (χ1) is 20.5. The van der Waals surface area contributed by atoms with Crippen molar-refractivity contribution in [3.05, 3.63) is 89.5 Å². The Labute approximate surface area is 262 Å². The summed E-state index contributed by atoms with van der Waals surface area (Å²) in [7, 11) is 0. The van der Waals surface area contributed by atoms with Gasteiger partial charge in [0.1, 0.15) is 29.7 Å². The number of amides is 2. The summed E-state index contributed by atoms with van der Waals surface area (Å²) in [5.74, 6) is -0.475. The molecule has 2 amide bonds. The molecule has 2 fully saturated rings. The van der Waals surface area contributed by atoms with E-state index in [0.29, 0.717) is 55.6 Å². The van der Waals surface area contributed by atoms with Crippen LogP contribution in [-0.4, -0.2) is 60.4 Å². The lowest BCUT2D eigenvalue weighted by Gasteiger charge is -2.21. The van der Waals surface area contributed by atoms with Gasteiger partial charge in [-0.05, 0) is 64.8 Å². The van der Waals surface area contributed by atoms with Crippen LogP contribution < -0.4 is 20.1 Å². The maximum Gasteiger partial charge on any atom is 0.345 e. The molecular weight excluding hydrogens is 592 g/mol. The summed E-state index contributed by atoms with van der Waals surface area (Å²) in [5, 5.41) is 15.6. The first-order valence-corrected chi connectivity index (χ1v) is 14.4. The van der Waals surface area contributed by atoms with Crippen LogP contribution in [0.1, 0.15) is 31.9 Å². The number of nitrogens with zero attached hydrogens (tertiary/aromatic N) is 1. The Hall–Kier alpha value is -3.89. The van der Waals surface area contributed by atoms with Crippen LogP contribution in [0.4, 0.5) is 19.3 Å². The molecule has 44 heavy (non-hydrogen) atoms. The van der Waals surface area contributed by atoms with Gasteiger partial charge in [0.2, 0.25) is 0 Å². The summed E-state index contributed by atoms with van der Waals surface area (Å²) in [6.07, 6.45) is -0.798.